The lowest BCUT2D eigenvalue weighted by atomic mass is 10.2. The third-order valence-electron chi connectivity index (χ3n) is 1.75. The Hall–Kier alpha value is -1.16. The maximum Gasteiger partial charge on any atom is 0.249 e. The van der Waals surface area contributed by atoms with Gasteiger partial charge in [0, 0.05) is 15.9 Å². The molecule has 0 aliphatic carbocycles. The molecule has 0 unspecified atom stereocenters. The average Bonchev–Trinajstić information content (AvgIpc) is 2.02. The quantitative estimate of drug-likeness (QED) is 0.756. The van der Waals surface area contributed by atoms with Crippen molar-refractivity contribution in [2.75, 3.05) is 0 Å². The van der Waals surface area contributed by atoms with E-state index in [0.29, 0.717) is 9.99 Å². The van der Waals surface area contributed by atoms with Crippen molar-refractivity contribution in [2.45, 2.75) is 0 Å². The van der Waals surface area contributed by atoms with Gasteiger partial charge in [-0.25, -0.2) is 4.39 Å². The fourth-order valence-electron chi connectivity index (χ4n) is 1.19. The molecule has 0 aliphatic heterocycles. The van der Waals surface area contributed by atoms with Gasteiger partial charge in [0.05, 0.1) is 5.52 Å². The number of pyridine rings is 1. The number of rotatable bonds is 0. The smallest absolute Gasteiger partial charge is 0.249 e. The zero-order valence-electron chi connectivity index (χ0n) is 6.47. The van der Waals surface area contributed by atoms with Crippen LogP contribution >= 0.6 is 15.9 Å². The molecule has 13 heavy (non-hydrogen) atoms. The number of halogens is 2. The summed E-state index contributed by atoms with van der Waals surface area (Å²) in [6.45, 7) is 0. The first-order valence-corrected chi connectivity index (χ1v) is 4.44. The highest BCUT2D eigenvalue weighted by atomic mass is 79.9. The minimum absolute atomic E-state index is 0.245. The van der Waals surface area contributed by atoms with Gasteiger partial charge < -0.3 is 4.98 Å². The Morgan fingerprint density at radius 1 is 1.31 bits per heavy atom. The molecule has 2 nitrogen and oxygen atoms in total. The highest BCUT2D eigenvalue weighted by Crippen LogP contribution is 2.20. The Morgan fingerprint density at radius 3 is 2.85 bits per heavy atom. The highest BCUT2D eigenvalue weighted by molar-refractivity contribution is 9.10. The van der Waals surface area contributed by atoms with Crippen molar-refractivity contribution >= 4 is 26.8 Å². The molecule has 0 fully saturated rings. The molecule has 0 aliphatic rings. The molecule has 0 saturated heterocycles. The molecule has 0 saturated carbocycles. The van der Waals surface area contributed by atoms with Crippen LogP contribution < -0.4 is 5.56 Å². The number of benzene rings is 1. The van der Waals surface area contributed by atoms with E-state index in [-0.39, 0.29) is 11.4 Å². The summed E-state index contributed by atoms with van der Waals surface area (Å²) >= 11 is 3.23. The molecule has 0 bridgehead atoms. The molecule has 1 aromatic heterocycles. The number of aromatic nitrogens is 1. The maximum absolute atomic E-state index is 12.8. The average molecular weight is 242 g/mol. The van der Waals surface area contributed by atoms with Gasteiger partial charge >= 0.3 is 0 Å². The minimum Gasteiger partial charge on any atom is -0.322 e. The number of hydrogen-bond donors (Lipinski definition) is 1. The van der Waals surface area contributed by atoms with Crippen LogP contribution in [-0.4, -0.2) is 4.98 Å². The topological polar surface area (TPSA) is 32.9 Å². The standard InChI is InChI=1S/C9H5BrFNO/c10-7-4-9(13)12-8-3-5(11)1-2-6(7)8/h1-4H,(H,12,13). The summed E-state index contributed by atoms with van der Waals surface area (Å²) in [6.07, 6.45) is 0. The Kier molecular flexibility index (Phi) is 1.92. The van der Waals surface area contributed by atoms with E-state index < -0.39 is 0 Å². The summed E-state index contributed by atoms with van der Waals surface area (Å²) < 4.78 is 13.4. The van der Waals surface area contributed by atoms with E-state index in [2.05, 4.69) is 20.9 Å². The number of aromatic amines is 1. The van der Waals surface area contributed by atoms with Gasteiger partial charge in [-0.1, -0.05) is 0 Å². The molecule has 0 spiro atoms. The van der Waals surface area contributed by atoms with E-state index in [1.54, 1.807) is 6.07 Å². The van der Waals surface area contributed by atoms with Gasteiger partial charge in [-0.3, -0.25) is 4.79 Å². The van der Waals surface area contributed by atoms with E-state index in [0.717, 1.165) is 5.39 Å². The second-order valence-corrected chi connectivity index (χ2v) is 3.53. The summed E-state index contributed by atoms with van der Waals surface area (Å²) in [5, 5.41) is 0.793. The molecule has 1 N–H and O–H groups in total. The first kappa shape index (κ1) is 8.44. The van der Waals surface area contributed by atoms with Crippen LogP contribution in [0.15, 0.2) is 33.5 Å². The zero-order valence-corrected chi connectivity index (χ0v) is 8.06. The van der Waals surface area contributed by atoms with Crippen molar-refractivity contribution < 1.29 is 4.39 Å². The van der Waals surface area contributed by atoms with Gasteiger partial charge in [-0.05, 0) is 34.1 Å². The van der Waals surface area contributed by atoms with Crippen LogP contribution in [0.4, 0.5) is 4.39 Å². The van der Waals surface area contributed by atoms with E-state index >= 15 is 0 Å². The molecule has 2 rings (SSSR count). The minimum atomic E-state index is -0.360. The Balaban J connectivity index is 2.94. The fraction of sp³-hybridized carbons (Fsp3) is 0. The SMILES string of the molecule is O=c1cc(Br)c2ccc(F)cc2[nH]1. The van der Waals surface area contributed by atoms with Crippen LogP contribution in [-0.2, 0) is 0 Å². The summed E-state index contributed by atoms with van der Waals surface area (Å²) in [5.74, 6) is -0.360. The molecule has 4 heteroatoms. The van der Waals surface area contributed by atoms with Gasteiger partial charge in [0.15, 0.2) is 0 Å². The number of nitrogens with one attached hydrogen (secondary N) is 1. The number of H-pyrrole nitrogens is 1. The number of fused-ring (bicyclic) bond motifs is 1. The summed E-state index contributed by atoms with van der Waals surface area (Å²) in [4.78, 5) is 13.6. The van der Waals surface area contributed by atoms with Crippen LogP contribution in [0.3, 0.4) is 0 Å². The van der Waals surface area contributed by atoms with Crippen LogP contribution in [0.2, 0.25) is 0 Å². The second kappa shape index (κ2) is 2.96. The molecule has 0 amide bonds. The van der Waals surface area contributed by atoms with Crippen molar-refractivity contribution in [1.82, 2.24) is 4.98 Å². The van der Waals surface area contributed by atoms with Crippen molar-refractivity contribution in [3.63, 3.8) is 0 Å². The maximum atomic E-state index is 12.8. The monoisotopic (exact) mass is 241 g/mol. The summed E-state index contributed by atoms with van der Waals surface area (Å²) in [5.41, 5.74) is 0.254. The van der Waals surface area contributed by atoms with Crippen LogP contribution in [0, 0.1) is 5.82 Å². The molecule has 0 atom stereocenters. The summed E-state index contributed by atoms with van der Waals surface area (Å²) in [7, 11) is 0. The second-order valence-electron chi connectivity index (χ2n) is 2.67. The highest BCUT2D eigenvalue weighted by Gasteiger charge is 2.01. The molecular weight excluding hydrogens is 237 g/mol. The molecule has 0 radical (unpaired) electrons. The predicted octanol–water partition coefficient (Wildman–Crippen LogP) is 2.43. The van der Waals surface area contributed by atoms with E-state index in [1.807, 2.05) is 0 Å². The first-order valence-electron chi connectivity index (χ1n) is 3.65. The Labute approximate surface area is 81.5 Å². The van der Waals surface area contributed by atoms with Gasteiger partial charge in [0.2, 0.25) is 5.56 Å². The van der Waals surface area contributed by atoms with E-state index in [1.165, 1.54) is 18.2 Å². The zero-order chi connectivity index (χ0) is 9.42. The Morgan fingerprint density at radius 2 is 2.08 bits per heavy atom. The predicted molar refractivity (Wildman–Crippen MR) is 52.2 cm³/mol. The first-order chi connectivity index (χ1) is 6.16. The summed E-state index contributed by atoms with van der Waals surface area (Å²) in [6, 6.07) is 5.68. The lowest BCUT2D eigenvalue weighted by Gasteiger charge is -1.99. The molecule has 66 valence electrons. The van der Waals surface area contributed by atoms with Gasteiger partial charge in [0.1, 0.15) is 5.82 Å². The van der Waals surface area contributed by atoms with E-state index in [4.69, 9.17) is 0 Å². The Bertz CT molecular complexity index is 520. The molecule has 1 heterocycles. The third kappa shape index (κ3) is 1.49. The fourth-order valence-corrected chi connectivity index (χ4v) is 1.74. The van der Waals surface area contributed by atoms with Crippen LogP contribution in [0.25, 0.3) is 10.9 Å². The van der Waals surface area contributed by atoms with Crippen LogP contribution in [0.5, 0.6) is 0 Å². The lowest BCUT2D eigenvalue weighted by Crippen LogP contribution is -2.03. The molecular formula is C9H5BrFNO. The van der Waals surface area contributed by atoms with E-state index in [9.17, 15) is 9.18 Å². The molecule has 1 aromatic carbocycles. The molecule has 2 aromatic rings. The van der Waals surface area contributed by atoms with Gasteiger partial charge in [-0.2, -0.15) is 0 Å². The number of hydrogen-bond acceptors (Lipinski definition) is 1. The van der Waals surface area contributed by atoms with Crippen molar-refractivity contribution in [3.05, 3.63) is 44.9 Å². The normalized spacial score (nSPS) is 10.6. The largest absolute Gasteiger partial charge is 0.322 e. The lowest BCUT2D eigenvalue weighted by molar-refractivity contribution is 0.629. The van der Waals surface area contributed by atoms with Gasteiger partial charge in [-0.15, -0.1) is 0 Å². The van der Waals surface area contributed by atoms with Crippen molar-refractivity contribution in [1.29, 1.82) is 0 Å². The van der Waals surface area contributed by atoms with Gasteiger partial charge in [0.25, 0.3) is 0 Å². The van der Waals surface area contributed by atoms with Crippen molar-refractivity contribution in [2.24, 2.45) is 0 Å². The third-order valence-corrected chi connectivity index (χ3v) is 2.41. The van der Waals surface area contributed by atoms with Crippen LogP contribution in [0.1, 0.15) is 0 Å². The van der Waals surface area contributed by atoms with Crippen molar-refractivity contribution in [3.8, 4) is 0 Å².